The van der Waals surface area contributed by atoms with Gasteiger partial charge in [-0.25, -0.2) is 0 Å². The molecular weight excluding hydrogens is 278 g/mol. The summed E-state index contributed by atoms with van der Waals surface area (Å²) in [6, 6.07) is 16.0. The number of rotatable bonds is 6. The lowest BCUT2D eigenvalue weighted by atomic mass is 10.1. The second kappa shape index (κ2) is 6.71. The lowest BCUT2D eigenvalue weighted by Crippen LogP contribution is -2.53. The topological polar surface area (TPSA) is 30.9 Å². The Morgan fingerprint density at radius 3 is 1.86 bits per heavy atom. The van der Waals surface area contributed by atoms with Crippen LogP contribution in [0.5, 0.6) is 17.2 Å². The highest BCUT2D eigenvalue weighted by molar-refractivity contribution is 5.31. The monoisotopic (exact) mass is 299 g/mol. The van der Waals surface area contributed by atoms with Gasteiger partial charge in [-0.2, -0.15) is 0 Å². The summed E-state index contributed by atoms with van der Waals surface area (Å²) in [5, 5.41) is 0. The zero-order valence-corrected chi connectivity index (χ0v) is 13.0. The summed E-state index contributed by atoms with van der Waals surface area (Å²) in [6.07, 6.45) is 0.270. The zero-order chi connectivity index (χ0) is 15.4. The number of benzene rings is 2. The van der Waals surface area contributed by atoms with Gasteiger partial charge < -0.3 is 14.2 Å². The van der Waals surface area contributed by atoms with Crippen LogP contribution in [0.25, 0.3) is 0 Å². The molecule has 0 saturated carbocycles. The third kappa shape index (κ3) is 3.52. The summed E-state index contributed by atoms with van der Waals surface area (Å²) in [6.45, 7) is 2.86. The second-order valence-electron chi connectivity index (χ2n) is 5.46. The Hall–Kier alpha value is -2.20. The maximum absolute atomic E-state index is 5.94. The van der Waals surface area contributed by atoms with Crippen molar-refractivity contribution in [1.29, 1.82) is 0 Å². The van der Waals surface area contributed by atoms with Gasteiger partial charge in [0.15, 0.2) is 0 Å². The van der Waals surface area contributed by atoms with Crippen LogP contribution in [-0.4, -0.2) is 38.3 Å². The van der Waals surface area contributed by atoms with Crippen molar-refractivity contribution < 1.29 is 14.2 Å². The molecule has 0 atom stereocenters. The van der Waals surface area contributed by atoms with Crippen LogP contribution < -0.4 is 14.2 Å². The molecule has 4 heteroatoms. The summed E-state index contributed by atoms with van der Waals surface area (Å²) in [7, 11) is 3.35. The third-order valence-electron chi connectivity index (χ3n) is 3.85. The Morgan fingerprint density at radius 1 is 0.818 bits per heavy atom. The van der Waals surface area contributed by atoms with Gasteiger partial charge in [0.05, 0.1) is 14.2 Å². The Morgan fingerprint density at radius 2 is 1.32 bits per heavy atom. The quantitative estimate of drug-likeness (QED) is 0.820. The highest BCUT2D eigenvalue weighted by Crippen LogP contribution is 2.22. The first-order valence-corrected chi connectivity index (χ1v) is 7.43. The number of hydrogen-bond acceptors (Lipinski definition) is 4. The summed E-state index contributed by atoms with van der Waals surface area (Å²) in [4.78, 5) is 2.37. The molecule has 0 unspecified atom stereocenters. The van der Waals surface area contributed by atoms with Crippen molar-refractivity contribution in [3.8, 4) is 17.2 Å². The van der Waals surface area contributed by atoms with E-state index < -0.39 is 0 Å². The fraction of sp³-hybridized carbons (Fsp3) is 0.333. The average Bonchev–Trinajstić information content (AvgIpc) is 2.54. The molecule has 0 aliphatic carbocycles. The van der Waals surface area contributed by atoms with E-state index in [2.05, 4.69) is 17.0 Å². The number of methoxy groups -OCH3 is 2. The Bertz CT molecular complexity index is 535. The molecule has 0 amide bonds. The molecule has 0 aromatic heterocycles. The van der Waals surface area contributed by atoms with Crippen LogP contribution in [0.2, 0.25) is 0 Å². The zero-order valence-electron chi connectivity index (χ0n) is 13.0. The summed E-state index contributed by atoms with van der Waals surface area (Å²) in [5.41, 5.74) is 1.30. The maximum Gasteiger partial charge on any atom is 0.124 e. The smallest absolute Gasteiger partial charge is 0.124 e. The van der Waals surface area contributed by atoms with Crippen molar-refractivity contribution in [3.63, 3.8) is 0 Å². The van der Waals surface area contributed by atoms with Gasteiger partial charge in [-0.15, -0.1) is 0 Å². The number of nitrogens with zero attached hydrogens (tertiary/aromatic N) is 1. The van der Waals surface area contributed by atoms with E-state index in [0.29, 0.717) is 0 Å². The molecule has 1 heterocycles. The lowest BCUT2D eigenvalue weighted by Gasteiger charge is -2.39. The highest BCUT2D eigenvalue weighted by atomic mass is 16.5. The van der Waals surface area contributed by atoms with Gasteiger partial charge in [0.25, 0.3) is 0 Å². The van der Waals surface area contributed by atoms with Crippen LogP contribution in [0.3, 0.4) is 0 Å². The molecule has 1 aliphatic heterocycles. The molecule has 0 N–H and O–H groups in total. The molecule has 22 heavy (non-hydrogen) atoms. The van der Waals surface area contributed by atoms with Crippen LogP contribution in [0, 0.1) is 0 Å². The van der Waals surface area contributed by atoms with E-state index in [0.717, 1.165) is 36.9 Å². The minimum absolute atomic E-state index is 0.270. The Balaban J connectivity index is 1.45. The Labute approximate surface area is 131 Å². The number of likely N-dealkylation sites (tertiary alicyclic amines) is 1. The molecule has 0 radical (unpaired) electrons. The van der Waals surface area contributed by atoms with Crippen LogP contribution in [0.1, 0.15) is 5.56 Å². The lowest BCUT2D eigenvalue weighted by molar-refractivity contribution is 0.0145. The van der Waals surface area contributed by atoms with E-state index in [-0.39, 0.29) is 6.10 Å². The van der Waals surface area contributed by atoms with E-state index in [1.54, 1.807) is 14.2 Å². The summed E-state index contributed by atoms with van der Waals surface area (Å²) < 4.78 is 16.3. The van der Waals surface area contributed by atoms with Crippen LogP contribution in [0.15, 0.2) is 48.5 Å². The van der Waals surface area contributed by atoms with E-state index in [4.69, 9.17) is 14.2 Å². The minimum atomic E-state index is 0.270. The van der Waals surface area contributed by atoms with Gasteiger partial charge in [0.2, 0.25) is 0 Å². The Kier molecular flexibility index (Phi) is 4.49. The molecule has 116 valence electrons. The van der Waals surface area contributed by atoms with Crippen LogP contribution in [0.4, 0.5) is 0 Å². The average molecular weight is 299 g/mol. The molecule has 1 aliphatic rings. The molecule has 1 saturated heterocycles. The van der Waals surface area contributed by atoms with E-state index >= 15 is 0 Å². The highest BCUT2D eigenvalue weighted by Gasteiger charge is 2.28. The molecule has 2 aromatic carbocycles. The van der Waals surface area contributed by atoms with E-state index in [1.165, 1.54) is 5.56 Å². The van der Waals surface area contributed by atoms with Crippen molar-refractivity contribution in [2.75, 3.05) is 27.3 Å². The molecule has 2 aromatic rings. The molecule has 4 nitrogen and oxygen atoms in total. The van der Waals surface area contributed by atoms with Crippen molar-refractivity contribution in [2.45, 2.75) is 12.6 Å². The van der Waals surface area contributed by atoms with E-state index in [1.807, 2.05) is 36.4 Å². The fourth-order valence-electron chi connectivity index (χ4n) is 2.56. The molecular formula is C18H21NO3. The molecule has 1 fully saturated rings. The predicted octanol–water partition coefficient (Wildman–Crippen LogP) is 2.97. The third-order valence-corrected chi connectivity index (χ3v) is 3.85. The largest absolute Gasteiger partial charge is 0.497 e. The standard InChI is InChI=1S/C18H21NO3/c1-20-15-5-3-14(4-6-15)11-19-12-18(13-19)22-17-9-7-16(21-2)8-10-17/h3-10,18H,11-13H2,1-2H3. The number of hydrogen-bond donors (Lipinski definition) is 0. The summed E-state index contributed by atoms with van der Waals surface area (Å²) in [5.74, 6) is 2.64. The minimum Gasteiger partial charge on any atom is -0.497 e. The van der Waals surface area contributed by atoms with Crippen LogP contribution >= 0.6 is 0 Å². The molecule has 3 rings (SSSR count). The summed E-state index contributed by atoms with van der Waals surface area (Å²) >= 11 is 0. The van der Waals surface area contributed by atoms with Gasteiger partial charge in [-0.3, -0.25) is 4.90 Å². The van der Waals surface area contributed by atoms with Crippen molar-refractivity contribution in [3.05, 3.63) is 54.1 Å². The fourth-order valence-corrected chi connectivity index (χ4v) is 2.56. The van der Waals surface area contributed by atoms with Gasteiger partial charge >= 0.3 is 0 Å². The number of ether oxygens (including phenoxy) is 3. The van der Waals surface area contributed by atoms with Gasteiger partial charge in [0, 0.05) is 19.6 Å². The normalized spacial score (nSPS) is 15.2. The SMILES string of the molecule is COc1ccc(CN2CC(Oc3ccc(OC)cc3)C2)cc1. The first-order chi connectivity index (χ1) is 10.8. The van der Waals surface area contributed by atoms with Gasteiger partial charge in [-0.05, 0) is 42.0 Å². The first-order valence-electron chi connectivity index (χ1n) is 7.43. The maximum atomic E-state index is 5.94. The van der Waals surface area contributed by atoms with E-state index in [9.17, 15) is 0 Å². The van der Waals surface area contributed by atoms with Crippen LogP contribution in [-0.2, 0) is 6.54 Å². The molecule has 0 bridgehead atoms. The molecule has 0 spiro atoms. The van der Waals surface area contributed by atoms with Gasteiger partial charge in [-0.1, -0.05) is 12.1 Å². The van der Waals surface area contributed by atoms with Crippen molar-refractivity contribution in [2.24, 2.45) is 0 Å². The predicted molar refractivity (Wildman–Crippen MR) is 85.7 cm³/mol. The first kappa shape index (κ1) is 14.7. The van der Waals surface area contributed by atoms with Crippen molar-refractivity contribution >= 4 is 0 Å². The second-order valence-corrected chi connectivity index (χ2v) is 5.46. The van der Waals surface area contributed by atoms with Crippen molar-refractivity contribution in [1.82, 2.24) is 4.90 Å². The van der Waals surface area contributed by atoms with Gasteiger partial charge in [0.1, 0.15) is 23.4 Å².